The van der Waals surface area contributed by atoms with Crippen LogP contribution in [0, 0.1) is 0 Å². The van der Waals surface area contributed by atoms with Gasteiger partial charge in [-0.1, -0.05) is 12.1 Å². The topological polar surface area (TPSA) is 55.7 Å². The number of esters is 1. The molecule has 0 atom stereocenters. The van der Waals surface area contributed by atoms with E-state index in [0.717, 1.165) is 36.4 Å². The van der Waals surface area contributed by atoms with E-state index in [1.54, 1.807) is 20.8 Å². The fourth-order valence-electron chi connectivity index (χ4n) is 2.49. The average Bonchev–Trinajstić information content (AvgIpc) is 2.63. The zero-order valence-corrected chi connectivity index (χ0v) is 17.5. The second-order valence-electron chi connectivity index (χ2n) is 7.45. The molecule has 0 heterocycles. The molecule has 0 saturated carbocycles. The van der Waals surface area contributed by atoms with Gasteiger partial charge < -0.3 is 4.74 Å². The van der Waals surface area contributed by atoms with Crippen LogP contribution in [0.3, 0.4) is 0 Å². The largest absolute Gasteiger partial charge is 0.459 e. The van der Waals surface area contributed by atoms with Gasteiger partial charge in [-0.15, -0.1) is 0 Å². The van der Waals surface area contributed by atoms with Crippen LogP contribution in [0.4, 0.5) is 26.3 Å². The average molecular weight is 467 g/mol. The highest BCUT2D eigenvalue weighted by Gasteiger charge is 2.34. The highest BCUT2D eigenvalue weighted by atomic mass is 32.2. The molecule has 0 unspecified atom stereocenters. The van der Waals surface area contributed by atoms with Gasteiger partial charge in [-0.05, 0) is 57.2 Å². The summed E-state index contributed by atoms with van der Waals surface area (Å²) in [7, 11) is -4.04. The Morgan fingerprint density at radius 2 is 1.29 bits per heavy atom. The van der Waals surface area contributed by atoms with E-state index in [4.69, 9.17) is 4.74 Å². The Morgan fingerprint density at radius 1 is 0.871 bits per heavy atom. The number of hydrogen-bond acceptors (Lipinski definition) is 4. The van der Waals surface area contributed by atoms with Crippen LogP contribution < -0.4 is 0 Å². The Morgan fingerprint density at radius 3 is 1.65 bits per heavy atom. The van der Waals surface area contributed by atoms with Gasteiger partial charge in [-0.3, -0.25) is 4.79 Å². The van der Waals surface area contributed by atoms with Crippen molar-refractivity contribution in [2.75, 3.05) is 6.54 Å². The lowest BCUT2D eigenvalue weighted by Crippen LogP contribution is -2.25. The van der Waals surface area contributed by atoms with E-state index < -0.39 is 61.1 Å². The van der Waals surface area contributed by atoms with Gasteiger partial charge in [0.05, 0.1) is 20.9 Å². The second kappa shape index (κ2) is 8.52. The Labute approximate surface area is 175 Å². The van der Waals surface area contributed by atoms with Crippen molar-refractivity contribution in [3.05, 3.63) is 59.7 Å². The number of hydrogen-bond donors (Lipinski definition) is 0. The van der Waals surface area contributed by atoms with Crippen LogP contribution in [0.2, 0.25) is 0 Å². The highest BCUT2D eigenvalue weighted by molar-refractivity contribution is 7.93. The lowest BCUT2D eigenvalue weighted by molar-refractivity contribution is -0.152. The Hall–Kier alpha value is -2.56. The van der Waals surface area contributed by atoms with E-state index >= 15 is 0 Å². The van der Waals surface area contributed by atoms with Crippen LogP contribution >= 0.6 is 0 Å². The maximum absolute atomic E-state index is 13.7. The fourth-order valence-corrected chi connectivity index (χ4v) is 4.45. The highest BCUT2D eigenvalue weighted by Crippen LogP contribution is 2.35. The Kier molecular flexibility index (Phi) is 6.79. The van der Waals surface area contributed by atoms with Gasteiger partial charge in [-0.25, -0.2) is 8.57 Å². The monoisotopic (exact) mass is 467 g/mol. The molecule has 11 heteroatoms. The molecule has 0 aromatic heterocycles. The molecule has 2 aromatic carbocycles. The first-order chi connectivity index (χ1) is 14.0. The van der Waals surface area contributed by atoms with Crippen molar-refractivity contribution < 1.29 is 40.1 Å². The molecule has 2 aromatic rings. The lowest BCUT2D eigenvalue weighted by Gasteiger charge is -2.19. The van der Waals surface area contributed by atoms with E-state index in [1.807, 2.05) is 0 Å². The Balaban J connectivity index is 2.68. The van der Waals surface area contributed by atoms with Gasteiger partial charge in [-0.2, -0.15) is 26.3 Å². The van der Waals surface area contributed by atoms with Crippen LogP contribution in [0.5, 0.6) is 0 Å². The summed E-state index contributed by atoms with van der Waals surface area (Å²) >= 11 is 0. The third kappa shape index (κ3) is 6.46. The molecule has 0 aliphatic rings. The SMILES string of the molecule is CC(C)(C)OC(=O)CN=S(=O)(c1cccc(C(F)(F)F)c1)c1cccc(C(F)(F)F)c1. The fraction of sp³-hybridized carbons (Fsp3) is 0.350. The number of carbonyl (C=O) groups is 1. The summed E-state index contributed by atoms with van der Waals surface area (Å²) in [4.78, 5) is 11.1. The number of ether oxygens (including phenoxy) is 1. The first-order valence-electron chi connectivity index (χ1n) is 8.82. The minimum absolute atomic E-state index is 0.481. The van der Waals surface area contributed by atoms with Gasteiger partial charge in [0.25, 0.3) is 0 Å². The second-order valence-corrected chi connectivity index (χ2v) is 9.70. The molecule has 2 rings (SSSR count). The van der Waals surface area contributed by atoms with Gasteiger partial charge in [0.1, 0.15) is 21.9 Å². The van der Waals surface area contributed by atoms with Crippen molar-refractivity contribution in [2.24, 2.45) is 4.36 Å². The van der Waals surface area contributed by atoms with Crippen molar-refractivity contribution in [3.8, 4) is 0 Å². The molecule has 0 fully saturated rings. The Bertz CT molecular complexity index is 1010. The molecule has 0 N–H and O–H groups in total. The zero-order valence-electron chi connectivity index (χ0n) is 16.7. The molecule has 0 amide bonds. The van der Waals surface area contributed by atoms with Crippen molar-refractivity contribution >= 4 is 15.7 Å². The van der Waals surface area contributed by atoms with Crippen LogP contribution in [-0.4, -0.2) is 22.3 Å². The zero-order chi connectivity index (χ0) is 23.7. The van der Waals surface area contributed by atoms with Gasteiger partial charge in [0.2, 0.25) is 0 Å². The summed E-state index contributed by atoms with van der Waals surface area (Å²) in [5.74, 6) is -0.931. The predicted octanol–water partition coefficient (Wildman–Crippen LogP) is 5.95. The van der Waals surface area contributed by atoms with Crippen LogP contribution in [0.25, 0.3) is 0 Å². The molecular weight excluding hydrogens is 448 g/mol. The predicted molar refractivity (Wildman–Crippen MR) is 101 cm³/mol. The number of nitrogens with zero attached hydrogens (tertiary/aromatic N) is 1. The quantitative estimate of drug-likeness (QED) is 0.412. The van der Waals surface area contributed by atoms with Crippen LogP contribution in [0.1, 0.15) is 31.9 Å². The summed E-state index contributed by atoms with van der Waals surface area (Å²) in [6.45, 7) is 3.84. The molecule has 0 saturated heterocycles. The molecular formula is C20H19F6NO3S. The van der Waals surface area contributed by atoms with Crippen molar-refractivity contribution in [1.29, 1.82) is 0 Å². The molecule has 0 aliphatic heterocycles. The molecule has 0 radical (unpaired) electrons. The summed E-state index contributed by atoms with van der Waals surface area (Å²) in [5.41, 5.74) is -3.23. The van der Waals surface area contributed by atoms with Crippen molar-refractivity contribution in [3.63, 3.8) is 0 Å². The maximum atomic E-state index is 13.7. The lowest BCUT2D eigenvalue weighted by atomic mass is 10.2. The normalized spacial score (nSPS) is 13.1. The molecule has 170 valence electrons. The number of carbonyl (C=O) groups excluding carboxylic acids is 1. The van der Waals surface area contributed by atoms with E-state index in [0.29, 0.717) is 12.1 Å². The minimum Gasteiger partial charge on any atom is -0.459 e. The first kappa shape index (κ1) is 24.7. The summed E-state index contributed by atoms with van der Waals surface area (Å²) < 4.78 is 101. The van der Waals surface area contributed by atoms with Gasteiger partial charge >= 0.3 is 18.3 Å². The minimum atomic E-state index is -4.78. The van der Waals surface area contributed by atoms with E-state index in [-0.39, 0.29) is 0 Å². The van der Waals surface area contributed by atoms with Gasteiger partial charge in [0, 0.05) is 0 Å². The van der Waals surface area contributed by atoms with E-state index in [1.165, 1.54) is 0 Å². The van der Waals surface area contributed by atoms with E-state index in [9.17, 15) is 35.3 Å². The number of rotatable bonds is 4. The van der Waals surface area contributed by atoms with Crippen molar-refractivity contribution in [1.82, 2.24) is 0 Å². The summed E-state index contributed by atoms with van der Waals surface area (Å²) in [6, 6.07) is 6.57. The molecule has 0 aliphatic carbocycles. The third-order valence-corrected chi connectivity index (χ3v) is 6.04. The standard InChI is InChI=1S/C20H19F6NO3S/c1-18(2,3)30-17(28)12-27-31(29,15-8-4-6-13(10-15)19(21,22)23)16-9-5-7-14(11-16)20(24,25)26/h4-11H,12H2,1-3H3. The molecule has 0 spiro atoms. The molecule has 0 bridgehead atoms. The van der Waals surface area contributed by atoms with Crippen LogP contribution in [0.15, 0.2) is 62.7 Å². The van der Waals surface area contributed by atoms with Crippen molar-refractivity contribution in [2.45, 2.75) is 48.5 Å². The number of benzene rings is 2. The number of alkyl halides is 6. The smallest absolute Gasteiger partial charge is 0.416 e. The number of halogens is 6. The summed E-state index contributed by atoms with van der Waals surface area (Å²) in [6.07, 6.45) is -9.56. The first-order valence-corrected chi connectivity index (χ1v) is 10.3. The van der Waals surface area contributed by atoms with Crippen LogP contribution in [-0.2, 0) is 31.6 Å². The third-order valence-electron chi connectivity index (χ3n) is 3.76. The van der Waals surface area contributed by atoms with Gasteiger partial charge in [0.15, 0.2) is 0 Å². The van der Waals surface area contributed by atoms with E-state index in [2.05, 4.69) is 4.36 Å². The summed E-state index contributed by atoms with van der Waals surface area (Å²) in [5, 5.41) is 0. The molecule has 31 heavy (non-hydrogen) atoms. The molecule has 4 nitrogen and oxygen atoms in total. The maximum Gasteiger partial charge on any atom is 0.416 e.